The molecule has 12 rings (SSSR count). The molecule has 55 heavy (non-hydrogen) atoms. The van der Waals surface area contributed by atoms with Crippen LogP contribution in [0.2, 0.25) is 13.1 Å². The Morgan fingerprint density at radius 1 is 0.618 bits per heavy atom. The van der Waals surface area contributed by atoms with Crippen molar-refractivity contribution >= 4 is 84.3 Å². The number of aromatic nitrogens is 3. The summed E-state index contributed by atoms with van der Waals surface area (Å²) in [6.07, 6.45) is 7.11. The van der Waals surface area contributed by atoms with Crippen molar-refractivity contribution < 1.29 is 4.42 Å². The first-order chi connectivity index (χ1) is 27.0. The second kappa shape index (κ2) is 11.2. The van der Waals surface area contributed by atoms with Gasteiger partial charge >= 0.3 is 0 Å². The minimum atomic E-state index is -1.74. The minimum Gasteiger partial charge on any atom is -0.452 e. The summed E-state index contributed by atoms with van der Waals surface area (Å²) in [4.78, 5) is 10.5. The molecule has 0 saturated carbocycles. The fourth-order valence-electron chi connectivity index (χ4n) is 9.62. The Bertz CT molecular complexity index is 3360. The lowest BCUT2D eigenvalue weighted by molar-refractivity contribution is 0.667. The lowest BCUT2D eigenvalue weighted by Gasteiger charge is -2.23. The summed E-state index contributed by atoms with van der Waals surface area (Å²) in [6, 6.07) is 50.3. The van der Waals surface area contributed by atoms with Gasteiger partial charge in [0.15, 0.2) is 11.4 Å². The average Bonchev–Trinajstić information content (AvgIpc) is 3.85. The minimum absolute atomic E-state index is 0.670. The molecule has 4 heterocycles. The zero-order chi connectivity index (χ0) is 36.4. The summed E-state index contributed by atoms with van der Waals surface area (Å²) < 4.78 is 8.94. The van der Waals surface area contributed by atoms with Crippen molar-refractivity contribution in [1.29, 1.82) is 0 Å². The molecule has 2 aliphatic rings. The molecule has 0 fully saturated rings. The maximum atomic E-state index is 6.50. The number of hydrogen-bond donors (Lipinski definition) is 0. The van der Waals surface area contributed by atoms with Gasteiger partial charge in [-0.05, 0) is 99.2 Å². The van der Waals surface area contributed by atoms with Crippen LogP contribution in [0.4, 0.5) is 0 Å². The number of benzene rings is 7. The molecule has 0 radical (unpaired) electrons. The van der Waals surface area contributed by atoms with Crippen LogP contribution in [0.15, 0.2) is 161 Å². The molecule has 0 amide bonds. The second-order valence-electron chi connectivity index (χ2n) is 15.7. The van der Waals surface area contributed by atoms with E-state index in [1.807, 2.05) is 18.2 Å². The van der Waals surface area contributed by atoms with E-state index >= 15 is 0 Å². The number of rotatable bonds is 3. The fourth-order valence-corrected chi connectivity index (χ4v) is 13.0. The van der Waals surface area contributed by atoms with Crippen molar-refractivity contribution in [3.05, 3.63) is 162 Å². The van der Waals surface area contributed by atoms with Crippen LogP contribution in [0, 0.1) is 0 Å². The van der Waals surface area contributed by atoms with Gasteiger partial charge in [0, 0.05) is 33.0 Å². The molecule has 4 nitrogen and oxygen atoms in total. The fraction of sp³-hybridized carbons (Fsp3) is 0.0800. The van der Waals surface area contributed by atoms with Crippen molar-refractivity contribution in [2.45, 2.75) is 25.9 Å². The number of allylic oxidation sites excluding steroid dienone is 4. The largest absolute Gasteiger partial charge is 0.452 e. The highest BCUT2D eigenvalue weighted by Crippen LogP contribution is 2.44. The van der Waals surface area contributed by atoms with Crippen LogP contribution in [-0.2, 0) is 0 Å². The molecule has 0 bridgehead atoms. The van der Waals surface area contributed by atoms with E-state index in [0.29, 0.717) is 11.4 Å². The Labute approximate surface area is 318 Å². The first-order valence-corrected chi connectivity index (χ1v) is 22.2. The van der Waals surface area contributed by atoms with Crippen molar-refractivity contribution in [3.8, 4) is 28.3 Å². The predicted molar refractivity (Wildman–Crippen MR) is 232 cm³/mol. The van der Waals surface area contributed by atoms with E-state index in [1.165, 1.54) is 55.5 Å². The maximum Gasteiger partial charge on any atom is 0.180 e. The molecule has 7 aromatic carbocycles. The second-order valence-corrected chi connectivity index (χ2v) is 20.1. The first kappa shape index (κ1) is 30.9. The molecule has 3 aromatic heterocycles. The first-order valence-electron chi connectivity index (χ1n) is 19.2. The third kappa shape index (κ3) is 4.39. The van der Waals surface area contributed by atoms with Gasteiger partial charge in [-0.3, -0.25) is 0 Å². The van der Waals surface area contributed by atoms with Gasteiger partial charge < -0.3 is 8.98 Å². The van der Waals surface area contributed by atoms with Crippen LogP contribution >= 0.6 is 0 Å². The van der Waals surface area contributed by atoms with Crippen LogP contribution in [0.25, 0.3) is 99.3 Å². The molecule has 1 aliphatic heterocycles. The summed E-state index contributed by atoms with van der Waals surface area (Å²) in [7, 11) is -1.74. The third-order valence-electron chi connectivity index (χ3n) is 12.3. The Balaban J connectivity index is 1.10. The van der Waals surface area contributed by atoms with E-state index in [4.69, 9.17) is 14.4 Å². The Morgan fingerprint density at radius 2 is 1.44 bits per heavy atom. The molecular weight excluding hydrogens is 687 g/mol. The monoisotopic (exact) mass is 721 g/mol. The molecule has 0 saturated heterocycles. The lowest BCUT2D eigenvalue weighted by atomic mass is 9.94. The third-order valence-corrected chi connectivity index (χ3v) is 16.1. The summed E-state index contributed by atoms with van der Waals surface area (Å²) in [5, 5.41) is 11.8. The van der Waals surface area contributed by atoms with Gasteiger partial charge in [-0.1, -0.05) is 121 Å². The predicted octanol–water partition coefficient (Wildman–Crippen LogP) is 12.7. The van der Waals surface area contributed by atoms with Crippen LogP contribution in [-0.4, -0.2) is 22.6 Å². The topological polar surface area (TPSA) is 43.9 Å². The molecular formula is C50H35N3OSi. The number of furan rings is 1. The summed E-state index contributed by atoms with van der Waals surface area (Å²) in [5.41, 5.74) is 11.5. The molecule has 0 N–H and O–H groups in total. The summed E-state index contributed by atoms with van der Waals surface area (Å²) in [5.74, 6) is 0.670. The number of para-hydroxylation sites is 2. The zero-order valence-electron chi connectivity index (χ0n) is 30.6. The van der Waals surface area contributed by atoms with Gasteiger partial charge in [0.25, 0.3) is 0 Å². The summed E-state index contributed by atoms with van der Waals surface area (Å²) in [6.45, 7) is 5.08. The average molecular weight is 722 g/mol. The molecule has 0 atom stereocenters. The van der Waals surface area contributed by atoms with E-state index in [-0.39, 0.29) is 0 Å². The summed E-state index contributed by atoms with van der Waals surface area (Å²) >= 11 is 0. The van der Waals surface area contributed by atoms with Crippen LogP contribution in [0.3, 0.4) is 0 Å². The molecule has 1 aliphatic carbocycles. The zero-order valence-corrected chi connectivity index (χ0v) is 31.6. The smallest absolute Gasteiger partial charge is 0.180 e. The Kier molecular flexibility index (Phi) is 6.30. The molecule has 5 heteroatoms. The highest BCUT2D eigenvalue weighted by molar-refractivity contribution is 6.98. The van der Waals surface area contributed by atoms with E-state index in [9.17, 15) is 0 Å². The van der Waals surface area contributed by atoms with E-state index < -0.39 is 8.07 Å². The van der Waals surface area contributed by atoms with E-state index in [0.717, 1.165) is 50.8 Å². The van der Waals surface area contributed by atoms with E-state index in [2.05, 4.69) is 151 Å². The van der Waals surface area contributed by atoms with Gasteiger partial charge in [-0.2, -0.15) is 0 Å². The number of nitrogens with zero attached hydrogens (tertiary/aromatic N) is 3. The Hall–Kier alpha value is -6.56. The van der Waals surface area contributed by atoms with Gasteiger partial charge in [-0.25, -0.2) is 9.97 Å². The van der Waals surface area contributed by atoms with Crippen LogP contribution in [0.1, 0.15) is 18.4 Å². The van der Waals surface area contributed by atoms with Crippen molar-refractivity contribution in [2.75, 3.05) is 0 Å². The molecule has 0 spiro atoms. The SMILES string of the molecule is C[Si]1(C)C2=C(C=CCC2)c2c1ccc1cc3c4ccccc4n(-c4cccc(-c5nc(-c6ccc7ccccc7c6)c6oc7ccccc7c6n5)c4)c3cc21. The van der Waals surface area contributed by atoms with Gasteiger partial charge in [0.05, 0.1) is 11.0 Å². The Morgan fingerprint density at radius 3 is 2.36 bits per heavy atom. The van der Waals surface area contributed by atoms with Crippen LogP contribution < -0.4 is 5.19 Å². The standard InChI is InChI=1S/C50H35N3OSi/c1-55(2)44-21-10-7-18-38(44)46-39-29-42-40(28-32(39)24-25-45(46)55)36-16-5-8-19-41(36)53(42)35-15-11-14-34(27-35)50-51-47(33-23-22-30-12-3-4-13-31(30)26-33)49-48(52-50)37-17-6-9-20-43(37)54-49/h3-9,11-20,22-29H,10,21H2,1-2H3. The molecule has 10 aromatic rings. The molecule has 260 valence electrons. The lowest BCUT2D eigenvalue weighted by Crippen LogP contribution is -2.41. The van der Waals surface area contributed by atoms with Crippen molar-refractivity contribution in [1.82, 2.24) is 14.5 Å². The van der Waals surface area contributed by atoms with Crippen molar-refractivity contribution in [2.24, 2.45) is 0 Å². The van der Waals surface area contributed by atoms with Gasteiger partial charge in [0.2, 0.25) is 0 Å². The van der Waals surface area contributed by atoms with E-state index in [1.54, 1.807) is 10.4 Å². The number of fused-ring (bicyclic) bond motifs is 11. The van der Waals surface area contributed by atoms with Gasteiger partial charge in [-0.15, -0.1) is 0 Å². The number of hydrogen-bond acceptors (Lipinski definition) is 3. The van der Waals surface area contributed by atoms with Gasteiger partial charge in [0.1, 0.15) is 24.9 Å². The molecule has 0 unspecified atom stereocenters. The quantitative estimate of drug-likeness (QED) is 0.171. The highest BCUT2D eigenvalue weighted by Gasteiger charge is 2.40. The normalized spacial score (nSPS) is 14.9. The maximum absolute atomic E-state index is 6.50. The van der Waals surface area contributed by atoms with Crippen molar-refractivity contribution in [3.63, 3.8) is 0 Å². The van der Waals surface area contributed by atoms with Crippen LogP contribution in [0.5, 0.6) is 0 Å². The highest BCUT2D eigenvalue weighted by atomic mass is 28.3.